The number of thiophene rings is 1. The molecule has 5 rings (SSSR count). The van der Waals surface area contributed by atoms with Crippen LogP contribution >= 0.6 is 11.3 Å². The Morgan fingerprint density at radius 1 is 1.15 bits per heavy atom. The molecule has 1 aliphatic heterocycles. The molecule has 0 aliphatic carbocycles. The van der Waals surface area contributed by atoms with Crippen LogP contribution in [0.3, 0.4) is 0 Å². The van der Waals surface area contributed by atoms with Crippen molar-refractivity contribution >= 4 is 21.6 Å². The quantitative estimate of drug-likeness (QED) is 0.247. The number of fused-ring (bicyclic) bond motifs is 1. The Balaban J connectivity index is 1.71. The van der Waals surface area contributed by atoms with Gasteiger partial charge in [-0.05, 0) is 45.4 Å². The first kappa shape index (κ1) is 29.1. The van der Waals surface area contributed by atoms with Gasteiger partial charge >= 0.3 is 5.69 Å². The smallest absolute Gasteiger partial charge is 0.332 e. The van der Waals surface area contributed by atoms with Gasteiger partial charge in [0.15, 0.2) is 0 Å². The van der Waals surface area contributed by atoms with Gasteiger partial charge in [-0.2, -0.15) is 10.2 Å². The van der Waals surface area contributed by atoms with Crippen LogP contribution in [0.2, 0.25) is 0 Å². The van der Waals surface area contributed by atoms with E-state index in [9.17, 15) is 14.0 Å². The van der Waals surface area contributed by atoms with Crippen molar-refractivity contribution in [3.63, 3.8) is 0 Å². The van der Waals surface area contributed by atoms with Crippen LogP contribution < -0.4 is 16.0 Å². The summed E-state index contributed by atoms with van der Waals surface area (Å²) in [5.41, 5.74) is 0.377. The highest BCUT2D eigenvalue weighted by atomic mass is 32.1. The highest BCUT2D eigenvalue weighted by molar-refractivity contribution is 7.21. The standard InChI is InChI=1S/C28H35FN6O5S/c1-17(2)32-11-8-20(15-32)34-25(36)24-18(3)26(35-30-9-10-31-35)41-27(24)33(28(34)37)16-23(40-13-12-38-4)21-14-19(29)6-7-22(21)39-5/h6-7,9-10,14,17,20,23H,8,11-13,15-16H2,1-5H3/t20-,23-/m0/s1. The Hall–Kier alpha value is -3.39. The van der Waals surface area contributed by atoms with Crippen molar-refractivity contribution in [3.05, 3.63) is 68.4 Å². The Kier molecular flexibility index (Phi) is 8.68. The molecule has 2 atom stereocenters. The second kappa shape index (κ2) is 12.2. The highest BCUT2D eigenvalue weighted by Gasteiger charge is 2.32. The Morgan fingerprint density at radius 3 is 2.56 bits per heavy atom. The van der Waals surface area contributed by atoms with E-state index in [2.05, 4.69) is 28.9 Å². The van der Waals surface area contributed by atoms with Crippen LogP contribution in [0.4, 0.5) is 4.39 Å². The molecule has 0 amide bonds. The molecule has 0 radical (unpaired) electrons. The first-order chi connectivity index (χ1) is 19.7. The lowest BCUT2D eigenvalue weighted by Crippen LogP contribution is -2.44. The van der Waals surface area contributed by atoms with Crippen molar-refractivity contribution in [3.8, 4) is 10.8 Å². The maximum atomic E-state index is 14.5. The van der Waals surface area contributed by atoms with Gasteiger partial charge in [-0.1, -0.05) is 11.3 Å². The molecule has 0 N–H and O–H groups in total. The molecule has 0 unspecified atom stereocenters. The van der Waals surface area contributed by atoms with Crippen LogP contribution in [-0.4, -0.2) is 75.6 Å². The minimum Gasteiger partial charge on any atom is -0.496 e. The molecule has 11 nitrogen and oxygen atoms in total. The van der Waals surface area contributed by atoms with E-state index in [0.717, 1.165) is 6.54 Å². The fraction of sp³-hybridized carbons (Fsp3) is 0.500. The van der Waals surface area contributed by atoms with E-state index < -0.39 is 17.6 Å². The molecule has 41 heavy (non-hydrogen) atoms. The lowest BCUT2D eigenvalue weighted by molar-refractivity contribution is 0.00637. The van der Waals surface area contributed by atoms with E-state index >= 15 is 0 Å². The van der Waals surface area contributed by atoms with Gasteiger partial charge in [-0.3, -0.25) is 18.8 Å². The summed E-state index contributed by atoms with van der Waals surface area (Å²) in [6.07, 6.45) is 3.03. The molecule has 1 aliphatic rings. The third kappa shape index (κ3) is 5.59. The van der Waals surface area contributed by atoms with Gasteiger partial charge in [0.05, 0.1) is 50.7 Å². The van der Waals surface area contributed by atoms with E-state index in [-0.39, 0.29) is 24.8 Å². The van der Waals surface area contributed by atoms with Crippen molar-refractivity contribution < 1.29 is 18.6 Å². The first-order valence-corrected chi connectivity index (χ1v) is 14.4. The van der Waals surface area contributed by atoms with E-state index in [1.54, 1.807) is 24.1 Å². The van der Waals surface area contributed by atoms with E-state index in [4.69, 9.17) is 14.2 Å². The van der Waals surface area contributed by atoms with Crippen LogP contribution in [0.25, 0.3) is 15.2 Å². The molecule has 1 saturated heterocycles. The number of likely N-dealkylation sites (tertiary alicyclic amines) is 1. The zero-order chi connectivity index (χ0) is 29.3. The fourth-order valence-electron chi connectivity index (χ4n) is 5.43. The topological polar surface area (TPSA) is 106 Å². The maximum Gasteiger partial charge on any atom is 0.332 e. The monoisotopic (exact) mass is 586 g/mol. The number of aryl methyl sites for hydroxylation is 1. The van der Waals surface area contributed by atoms with E-state index in [1.165, 1.54) is 46.0 Å². The van der Waals surface area contributed by atoms with Crippen LogP contribution in [0, 0.1) is 12.7 Å². The molecule has 0 spiro atoms. The average molecular weight is 587 g/mol. The van der Waals surface area contributed by atoms with Gasteiger partial charge in [-0.25, -0.2) is 9.18 Å². The molecule has 0 bridgehead atoms. The van der Waals surface area contributed by atoms with Gasteiger partial charge in [-0.15, -0.1) is 4.80 Å². The number of aromatic nitrogens is 5. The lowest BCUT2D eigenvalue weighted by Gasteiger charge is -2.24. The van der Waals surface area contributed by atoms with Gasteiger partial charge in [0, 0.05) is 37.4 Å². The van der Waals surface area contributed by atoms with Crippen LogP contribution in [0.1, 0.15) is 43.5 Å². The molecule has 3 aromatic heterocycles. The molecule has 1 fully saturated rings. The summed E-state index contributed by atoms with van der Waals surface area (Å²) < 4.78 is 34.3. The van der Waals surface area contributed by atoms with Crippen LogP contribution in [-0.2, 0) is 16.0 Å². The number of hydrogen-bond donors (Lipinski definition) is 0. The zero-order valence-electron chi connectivity index (χ0n) is 23.9. The zero-order valence-corrected chi connectivity index (χ0v) is 24.7. The predicted octanol–water partition coefficient (Wildman–Crippen LogP) is 3.32. The molecular weight excluding hydrogens is 551 g/mol. The summed E-state index contributed by atoms with van der Waals surface area (Å²) in [5, 5.41) is 9.60. The summed E-state index contributed by atoms with van der Waals surface area (Å²) in [4.78, 5) is 32.5. The van der Waals surface area contributed by atoms with E-state index in [1.807, 2.05) is 6.92 Å². The number of halogens is 1. The predicted molar refractivity (Wildman–Crippen MR) is 154 cm³/mol. The minimum atomic E-state index is -0.771. The molecule has 1 aromatic carbocycles. The molecule has 13 heteroatoms. The Bertz CT molecular complexity index is 1630. The summed E-state index contributed by atoms with van der Waals surface area (Å²) in [5.74, 6) is -0.0269. The number of hydrogen-bond acceptors (Lipinski definition) is 9. The van der Waals surface area contributed by atoms with Gasteiger partial charge in [0.1, 0.15) is 27.5 Å². The Labute approximate surface area is 240 Å². The average Bonchev–Trinajstić information content (AvgIpc) is 3.71. The summed E-state index contributed by atoms with van der Waals surface area (Å²) in [6, 6.07) is 4.21. The maximum absolute atomic E-state index is 14.5. The summed E-state index contributed by atoms with van der Waals surface area (Å²) >= 11 is 1.26. The Morgan fingerprint density at radius 2 is 1.90 bits per heavy atom. The number of nitrogens with zero attached hydrogens (tertiary/aromatic N) is 6. The normalized spacial score (nSPS) is 16.7. The lowest BCUT2D eigenvalue weighted by atomic mass is 10.1. The second-order valence-corrected chi connectivity index (χ2v) is 11.3. The first-order valence-electron chi connectivity index (χ1n) is 13.6. The van der Waals surface area contributed by atoms with Crippen molar-refractivity contribution in [1.29, 1.82) is 0 Å². The molecule has 4 aromatic rings. The number of ether oxygens (including phenoxy) is 3. The molecular formula is C28H35FN6O5S. The van der Waals surface area contributed by atoms with Crippen molar-refractivity contribution in [2.75, 3.05) is 40.5 Å². The summed E-state index contributed by atoms with van der Waals surface area (Å²) in [7, 11) is 3.06. The van der Waals surface area contributed by atoms with Crippen molar-refractivity contribution in [1.82, 2.24) is 29.0 Å². The number of rotatable bonds is 11. The number of benzene rings is 1. The molecule has 0 saturated carbocycles. The minimum absolute atomic E-state index is 0.0195. The van der Waals surface area contributed by atoms with Crippen LogP contribution in [0.15, 0.2) is 40.2 Å². The summed E-state index contributed by atoms with van der Waals surface area (Å²) in [6.45, 7) is 7.97. The van der Waals surface area contributed by atoms with Gasteiger partial charge < -0.3 is 14.2 Å². The molecule has 220 valence electrons. The fourth-order valence-corrected chi connectivity index (χ4v) is 6.65. The van der Waals surface area contributed by atoms with Crippen molar-refractivity contribution in [2.24, 2.45) is 0 Å². The SMILES string of the molecule is COCCO[C@@H](Cn1c(=O)n([C@H]2CCN(C(C)C)C2)c(=O)c2c(C)c(-n3nccn3)sc21)c1cc(F)ccc1OC. The van der Waals surface area contributed by atoms with Crippen molar-refractivity contribution in [2.45, 2.75) is 51.9 Å². The van der Waals surface area contributed by atoms with Gasteiger partial charge in [0.25, 0.3) is 5.56 Å². The number of methoxy groups -OCH3 is 2. The second-order valence-electron chi connectivity index (χ2n) is 10.4. The molecule has 4 heterocycles. The third-order valence-electron chi connectivity index (χ3n) is 7.60. The van der Waals surface area contributed by atoms with Crippen LogP contribution in [0.5, 0.6) is 5.75 Å². The highest BCUT2D eigenvalue weighted by Crippen LogP contribution is 2.34. The van der Waals surface area contributed by atoms with E-state index in [0.29, 0.717) is 57.7 Å². The third-order valence-corrected chi connectivity index (χ3v) is 8.88. The van der Waals surface area contributed by atoms with Gasteiger partial charge in [0.2, 0.25) is 0 Å². The largest absolute Gasteiger partial charge is 0.496 e.